The van der Waals surface area contributed by atoms with E-state index in [4.69, 9.17) is 10.2 Å². The van der Waals surface area contributed by atoms with E-state index in [1.165, 1.54) is 89.9 Å². The van der Waals surface area contributed by atoms with Crippen molar-refractivity contribution in [2.45, 2.75) is 168 Å². The fourth-order valence-electron chi connectivity index (χ4n) is 4.18. The molecule has 0 spiro atoms. The van der Waals surface area contributed by atoms with Crippen molar-refractivity contribution in [2.24, 2.45) is 0 Å². The molecule has 0 saturated carbocycles. The molecule has 0 aliphatic carbocycles. The van der Waals surface area contributed by atoms with Gasteiger partial charge in [-0.3, -0.25) is 9.59 Å². The van der Waals surface area contributed by atoms with Gasteiger partial charge < -0.3 is 10.2 Å². The maximum Gasteiger partial charge on any atom is 0.303 e. The number of allylic oxidation sites excluding steroid dienone is 8. The second-order valence-corrected chi connectivity index (χ2v) is 10.7. The fraction of sp³-hybridized carbons (Fsp3) is 0.722. The van der Waals surface area contributed by atoms with Gasteiger partial charge in [-0.15, -0.1) is 0 Å². The minimum absolute atomic E-state index is 0. The van der Waals surface area contributed by atoms with Crippen molar-refractivity contribution in [3.8, 4) is 0 Å². The zero-order valence-electron chi connectivity index (χ0n) is 26.6. The molecule has 0 aromatic heterocycles. The normalized spacial score (nSPS) is 11.4. The van der Waals surface area contributed by atoms with E-state index in [1.54, 1.807) is 0 Å². The third-order valence-electron chi connectivity index (χ3n) is 6.68. The van der Waals surface area contributed by atoms with Gasteiger partial charge in [0.15, 0.2) is 0 Å². The topological polar surface area (TPSA) is 74.6 Å². The summed E-state index contributed by atoms with van der Waals surface area (Å²) in [5.41, 5.74) is 0. The molecule has 0 fully saturated rings. The van der Waals surface area contributed by atoms with Gasteiger partial charge in [-0.2, -0.15) is 0 Å². The molecule has 0 amide bonds. The molecule has 4 nitrogen and oxygen atoms in total. The first kappa shape index (κ1) is 43.9. The molecule has 41 heavy (non-hydrogen) atoms. The Kier molecular flexibility index (Phi) is 43.4. The number of unbranched alkanes of at least 4 members (excludes halogenated alkanes) is 16. The van der Waals surface area contributed by atoms with Gasteiger partial charge in [-0.25, -0.2) is 0 Å². The van der Waals surface area contributed by atoms with Crippen molar-refractivity contribution in [2.75, 3.05) is 0 Å². The molecule has 0 heterocycles. The summed E-state index contributed by atoms with van der Waals surface area (Å²) >= 11 is 0. The molecule has 0 rings (SSSR count). The van der Waals surface area contributed by atoms with Crippen molar-refractivity contribution in [3.63, 3.8) is 0 Å². The Morgan fingerprint density at radius 3 is 0.976 bits per heavy atom. The van der Waals surface area contributed by atoms with Crippen LogP contribution in [0.1, 0.15) is 168 Å². The van der Waals surface area contributed by atoms with Crippen LogP contribution in [-0.4, -0.2) is 22.2 Å². The summed E-state index contributed by atoms with van der Waals surface area (Å²) in [6, 6.07) is 0. The molecule has 241 valence electrons. The van der Waals surface area contributed by atoms with Crippen LogP contribution in [0, 0.1) is 0 Å². The van der Waals surface area contributed by atoms with Crippen molar-refractivity contribution >= 4 is 11.9 Å². The molecule has 0 bridgehead atoms. The number of hydrogen-bond donors (Lipinski definition) is 2. The molecule has 0 aliphatic rings. The van der Waals surface area contributed by atoms with Crippen molar-refractivity contribution in [1.29, 1.82) is 0 Å². The van der Waals surface area contributed by atoms with Crippen LogP contribution in [0.15, 0.2) is 48.6 Å². The predicted molar refractivity (Wildman–Crippen MR) is 174 cm³/mol. The smallest absolute Gasteiger partial charge is 0.303 e. The summed E-state index contributed by atoms with van der Waals surface area (Å²) < 4.78 is 0. The Morgan fingerprint density at radius 1 is 0.415 bits per heavy atom. The van der Waals surface area contributed by atoms with Crippen LogP contribution in [0.2, 0.25) is 0 Å². The van der Waals surface area contributed by atoms with Gasteiger partial charge >= 0.3 is 11.9 Å². The average Bonchev–Trinajstić information content (AvgIpc) is 2.93. The van der Waals surface area contributed by atoms with Crippen LogP contribution in [0.5, 0.6) is 0 Å². The first-order chi connectivity index (χ1) is 19.5. The summed E-state index contributed by atoms with van der Waals surface area (Å²) in [5.74, 6) is -1.34. The van der Waals surface area contributed by atoms with Crippen LogP contribution in [0.3, 0.4) is 0 Å². The molecule has 5 heteroatoms. The molecule has 0 aromatic rings. The monoisotopic (exact) mass is 619 g/mol. The molecule has 0 atom stereocenters. The molecule has 0 aliphatic heterocycles. The number of carboxylic acid groups (broad SMARTS) is 2. The Hall–Kier alpha value is -1.59. The Labute approximate surface area is 264 Å². The maximum absolute atomic E-state index is 10.3. The second kappa shape index (κ2) is 40.5. The molecule has 1 radical (unpaired) electrons. The quantitative estimate of drug-likeness (QED) is 0.0675. The van der Waals surface area contributed by atoms with E-state index in [-0.39, 0.29) is 16.8 Å². The van der Waals surface area contributed by atoms with E-state index in [1.807, 2.05) is 0 Å². The molecular weight excluding hydrogens is 555 g/mol. The standard InChI is InChI=1S/2C18H32O2.Co/c2*1-2-3-4-5-6-7-8-9-10-11-12-13-14-15-16-17-18(19)20;/h2*6-7,9-10H,2-5,8,11-17H2,1H3,(H,19,20);/b2*7-6-,10-9-;. The van der Waals surface area contributed by atoms with Crippen LogP contribution in [0.4, 0.5) is 0 Å². The van der Waals surface area contributed by atoms with Crippen LogP contribution >= 0.6 is 0 Å². The summed E-state index contributed by atoms with van der Waals surface area (Å²) in [6.07, 6.45) is 44.6. The van der Waals surface area contributed by atoms with E-state index < -0.39 is 11.9 Å². The molecular formula is C36H64CoO4. The third-order valence-corrected chi connectivity index (χ3v) is 6.68. The third kappa shape index (κ3) is 48.5. The van der Waals surface area contributed by atoms with E-state index in [0.717, 1.165) is 51.4 Å². The molecule has 0 unspecified atom stereocenters. The zero-order valence-corrected chi connectivity index (χ0v) is 27.7. The number of hydrogen-bond acceptors (Lipinski definition) is 2. The summed E-state index contributed by atoms with van der Waals surface area (Å²) in [7, 11) is 0. The maximum atomic E-state index is 10.3. The van der Waals surface area contributed by atoms with E-state index in [2.05, 4.69) is 62.5 Å². The molecule has 0 aromatic carbocycles. The van der Waals surface area contributed by atoms with Gasteiger partial charge in [0.1, 0.15) is 0 Å². The molecule has 0 saturated heterocycles. The molecule has 2 N–H and O–H groups in total. The first-order valence-corrected chi connectivity index (χ1v) is 16.6. The average molecular weight is 620 g/mol. The van der Waals surface area contributed by atoms with Crippen molar-refractivity contribution in [1.82, 2.24) is 0 Å². The Bertz CT molecular complexity index is 596. The van der Waals surface area contributed by atoms with Gasteiger partial charge in [-0.05, 0) is 77.0 Å². The van der Waals surface area contributed by atoms with Gasteiger partial charge in [0.05, 0.1) is 0 Å². The number of aliphatic carboxylic acids is 2. The number of carboxylic acids is 2. The predicted octanol–water partition coefficient (Wildman–Crippen LogP) is 11.8. The SMILES string of the molecule is CCCCC/C=C\C/C=C\CCCCCCCC(=O)O.CCCCC/C=C\C/C=C\CCCCCCCC(=O)O.[Co]. The summed E-state index contributed by atoms with van der Waals surface area (Å²) in [5, 5.41) is 17.0. The van der Waals surface area contributed by atoms with Gasteiger partial charge in [0, 0.05) is 29.6 Å². The van der Waals surface area contributed by atoms with E-state index in [0.29, 0.717) is 12.8 Å². The second-order valence-electron chi connectivity index (χ2n) is 10.7. The Balaban J connectivity index is -0.000000688. The minimum atomic E-state index is -0.671. The summed E-state index contributed by atoms with van der Waals surface area (Å²) in [6.45, 7) is 4.47. The number of carbonyl (C=O) groups is 2. The Morgan fingerprint density at radius 2 is 0.683 bits per heavy atom. The van der Waals surface area contributed by atoms with Gasteiger partial charge in [0.25, 0.3) is 0 Å². The zero-order chi connectivity index (χ0) is 29.8. The van der Waals surface area contributed by atoms with Crippen molar-refractivity contribution in [3.05, 3.63) is 48.6 Å². The van der Waals surface area contributed by atoms with Crippen LogP contribution in [-0.2, 0) is 26.4 Å². The van der Waals surface area contributed by atoms with E-state index >= 15 is 0 Å². The van der Waals surface area contributed by atoms with Gasteiger partial charge in [0.2, 0.25) is 0 Å². The largest absolute Gasteiger partial charge is 0.481 e. The minimum Gasteiger partial charge on any atom is -0.481 e. The van der Waals surface area contributed by atoms with E-state index in [9.17, 15) is 9.59 Å². The van der Waals surface area contributed by atoms with Crippen LogP contribution < -0.4 is 0 Å². The number of rotatable bonds is 28. The van der Waals surface area contributed by atoms with Crippen molar-refractivity contribution < 1.29 is 36.6 Å². The summed E-state index contributed by atoms with van der Waals surface area (Å²) in [4.78, 5) is 20.6. The fourth-order valence-corrected chi connectivity index (χ4v) is 4.18. The first-order valence-electron chi connectivity index (χ1n) is 16.6. The van der Waals surface area contributed by atoms with Crippen LogP contribution in [0.25, 0.3) is 0 Å². The van der Waals surface area contributed by atoms with Gasteiger partial charge in [-0.1, -0.05) is 127 Å².